The smallest absolute Gasteiger partial charge is 0.244 e. The van der Waals surface area contributed by atoms with E-state index in [1.54, 1.807) is 4.68 Å². The third kappa shape index (κ3) is 3.84. The Morgan fingerprint density at radius 2 is 1.93 bits per heavy atom. The topological polar surface area (TPSA) is 68.4 Å². The summed E-state index contributed by atoms with van der Waals surface area (Å²) in [6.07, 6.45) is 0.949. The first-order chi connectivity index (χ1) is 13.5. The highest BCUT2D eigenvalue weighted by Crippen LogP contribution is 2.22. The van der Waals surface area contributed by atoms with Crippen LogP contribution in [0.1, 0.15) is 35.3 Å². The number of ether oxygens (including phenoxy) is 1. The van der Waals surface area contributed by atoms with E-state index in [0.29, 0.717) is 13.2 Å². The summed E-state index contributed by atoms with van der Waals surface area (Å²) >= 11 is 0. The SMILES string of the molecule is CCn1nc(CN2CCN(C(=O)Cn3nc(C)cc3C)CC2)c2c1CCOC2. The van der Waals surface area contributed by atoms with Gasteiger partial charge in [-0.2, -0.15) is 10.2 Å². The summed E-state index contributed by atoms with van der Waals surface area (Å²) in [6.45, 7) is 12.9. The van der Waals surface area contributed by atoms with E-state index in [0.717, 1.165) is 69.4 Å². The number of aromatic nitrogens is 4. The van der Waals surface area contributed by atoms with Crippen LogP contribution in [0.2, 0.25) is 0 Å². The predicted octanol–water partition coefficient (Wildman–Crippen LogP) is 1.13. The number of fused-ring (bicyclic) bond motifs is 1. The summed E-state index contributed by atoms with van der Waals surface area (Å²) < 4.78 is 9.59. The molecule has 4 heterocycles. The number of hydrogen-bond donors (Lipinski definition) is 0. The molecule has 0 bridgehead atoms. The van der Waals surface area contributed by atoms with Crippen molar-refractivity contribution in [3.8, 4) is 0 Å². The van der Waals surface area contributed by atoms with Gasteiger partial charge >= 0.3 is 0 Å². The number of aryl methyl sites for hydroxylation is 3. The summed E-state index contributed by atoms with van der Waals surface area (Å²) in [7, 11) is 0. The zero-order valence-corrected chi connectivity index (χ0v) is 17.1. The molecule has 2 aromatic rings. The van der Waals surface area contributed by atoms with Gasteiger partial charge in [0.1, 0.15) is 6.54 Å². The van der Waals surface area contributed by atoms with Crippen LogP contribution in [-0.4, -0.2) is 68.1 Å². The molecule has 1 amide bonds. The Balaban J connectivity index is 1.34. The zero-order valence-electron chi connectivity index (χ0n) is 17.1. The molecule has 2 aliphatic rings. The van der Waals surface area contributed by atoms with Gasteiger partial charge in [-0.15, -0.1) is 0 Å². The van der Waals surface area contributed by atoms with Crippen LogP contribution >= 0.6 is 0 Å². The summed E-state index contributed by atoms with van der Waals surface area (Å²) in [5, 5.41) is 9.23. The second-order valence-corrected chi connectivity index (χ2v) is 7.73. The van der Waals surface area contributed by atoms with Gasteiger partial charge in [0.2, 0.25) is 5.91 Å². The van der Waals surface area contributed by atoms with Crippen LogP contribution in [-0.2, 0) is 42.2 Å². The number of carbonyl (C=O) groups is 1. The van der Waals surface area contributed by atoms with Crippen molar-refractivity contribution in [2.24, 2.45) is 0 Å². The van der Waals surface area contributed by atoms with Gasteiger partial charge < -0.3 is 9.64 Å². The molecule has 0 atom stereocenters. The second-order valence-electron chi connectivity index (χ2n) is 7.73. The molecular formula is C20H30N6O2. The van der Waals surface area contributed by atoms with Gasteiger partial charge in [-0.3, -0.25) is 19.1 Å². The van der Waals surface area contributed by atoms with Gasteiger partial charge in [0.05, 0.1) is 24.6 Å². The number of piperazine rings is 1. The van der Waals surface area contributed by atoms with Crippen LogP contribution in [0.15, 0.2) is 6.07 Å². The van der Waals surface area contributed by atoms with Crippen molar-refractivity contribution < 1.29 is 9.53 Å². The van der Waals surface area contributed by atoms with Crippen molar-refractivity contribution in [3.63, 3.8) is 0 Å². The normalized spacial score (nSPS) is 17.8. The minimum atomic E-state index is 0.145. The molecule has 0 saturated carbocycles. The fourth-order valence-electron chi connectivity index (χ4n) is 4.20. The highest BCUT2D eigenvalue weighted by Gasteiger charge is 2.25. The average molecular weight is 387 g/mol. The third-order valence-corrected chi connectivity index (χ3v) is 5.77. The van der Waals surface area contributed by atoms with E-state index in [2.05, 4.69) is 21.6 Å². The van der Waals surface area contributed by atoms with Crippen molar-refractivity contribution in [3.05, 3.63) is 34.4 Å². The van der Waals surface area contributed by atoms with E-state index in [1.807, 2.05) is 24.8 Å². The Labute approximate surface area is 166 Å². The Morgan fingerprint density at radius 3 is 2.61 bits per heavy atom. The average Bonchev–Trinajstić information content (AvgIpc) is 3.21. The number of rotatable bonds is 5. The largest absolute Gasteiger partial charge is 0.376 e. The molecule has 0 N–H and O–H groups in total. The van der Waals surface area contributed by atoms with E-state index in [4.69, 9.17) is 9.84 Å². The van der Waals surface area contributed by atoms with E-state index in [1.165, 1.54) is 11.3 Å². The lowest BCUT2D eigenvalue weighted by molar-refractivity contribution is -0.133. The monoisotopic (exact) mass is 386 g/mol. The summed E-state index contributed by atoms with van der Waals surface area (Å²) in [5.41, 5.74) is 5.73. The summed E-state index contributed by atoms with van der Waals surface area (Å²) in [6, 6.07) is 2.01. The number of hydrogen-bond acceptors (Lipinski definition) is 5. The summed E-state index contributed by atoms with van der Waals surface area (Å²) in [4.78, 5) is 17.0. The molecule has 28 heavy (non-hydrogen) atoms. The van der Waals surface area contributed by atoms with Crippen molar-refractivity contribution in [2.45, 2.75) is 53.4 Å². The molecule has 4 rings (SSSR count). The number of carbonyl (C=O) groups excluding carboxylic acids is 1. The quantitative estimate of drug-likeness (QED) is 0.771. The number of amides is 1. The van der Waals surface area contributed by atoms with Crippen LogP contribution in [0.25, 0.3) is 0 Å². The maximum atomic E-state index is 12.6. The fraction of sp³-hybridized carbons (Fsp3) is 0.650. The lowest BCUT2D eigenvalue weighted by Crippen LogP contribution is -2.49. The van der Waals surface area contributed by atoms with Crippen LogP contribution in [0.3, 0.4) is 0 Å². The lowest BCUT2D eigenvalue weighted by Gasteiger charge is -2.34. The number of nitrogens with zero attached hydrogens (tertiary/aromatic N) is 6. The van der Waals surface area contributed by atoms with Gasteiger partial charge in [0, 0.05) is 62.6 Å². The van der Waals surface area contributed by atoms with E-state index in [-0.39, 0.29) is 5.91 Å². The van der Waals surface area contributed by atoms with Crippen LogP contribution in [0.5, 0.6) is 0 Å². The minimum Gasteiger partial charge on any atom is -0.376 e. The molecule has 2 aliphatic heterocycles. The lowest BCUT2D eigenvalue weighted by atomic mass is 10.1. The van der Waals surface area contributed by atoms with Crippen molar-refractivity contribution in [1.29, 1.82) is 0 Å². The summed E-state index contributed by atoms with van der Waals surface area (Å²) in [5.74, 6) is 0.145. The van der Waals surface area contributed by atoms with Gasteiger partial charge in [-0.25, -0.2) is 0 Å². The predicted molar refractivity (Wildman–Crippen MR) is 105 cm³/mol. The first kappa shape index (κ1) is 19.1. The maximum Gasteiger partial charge on any atom is 0.244 e. The van der Waals surface area contributed by atoms with Crippen molar-refractivity contribution in [1.82, 2.24) is 29.4 Å². The first-order valence-corrected chi connectivity index (χ1v) is 10.2. The van der Waals surface area contributed by atoms with E-state index in [9.17, 15) is 4.79 Å². The van der Waals surface area contributed by atoms with Gasteiger partial charge in [-0.1, -0.05) is 0 Å². The molecule has 0 aliphatic carbocycles. The standard InChI is InChI=1S/C20H30N6O2/c1-4-25-19-5-10-28-14-17(19)18(22-25)12-23-6-8-24(9-7-23)20(27)13-26-16(3)11-15(2)21-26/h11H,4-10,12-14H2,1-3H3. The Hall–Kier alpha value is -2.19. The molecule has 0 aromatic carbocycles. The second kappa shape index (κ2) is 8.05. The minimum absolute atomic E-state index is 0.145. The highest BCUT2D eigenvalue weighted by atomic mass is 16.5. The maximum absolute atomic E-state index is 12.6. The molecular weight excluding hydrogens is 356 g/mol. The molecule has 0 unspecified atom stereocenters. The zero-order chi connectivity index (χ0) is 19.7. The van der Waals surface area contributed by atoms with Gasteiger partial charge in [0.15, 0.2) is 0 Å². The Kier molecular flexibility index (Phi) is 5.50. The Morgan fingerprint density at radius 1 is 1.14 bits per heavy atom. The van der Waals surface area contributed by atoms with E-state index >= 15 is 0 Å². The Bertz CT molecular complexity index is 847. The van der Waals surface area contributed by atoms with Crippen molar-refractivity contribution in [2.75, 3.05) is 32.8 Å². The van der Waals surface area contributed by atoms with E-state index < -0.39 is 0 Å². The van der Waals surface area contributed by atoms with Crippen molar-refractivity contribution >= 4 is 5.91 Å². The molecule has 8 heteroatoms. The molecule has 1 saturated heterocycles. The van der Waals surface area contributed by atoms with Crippen LogP contribution < -0.4 is 0 Å². The molecule has 152 valence electrons. The van der Waals surface area contributed by atoms with Crippen LogP contribution in [0, 0.1) is 13.8 Å². The first-order valence-electron chi connectivity index (χ1n) is 10.2. The molecule has 2 aromatic heterocycles. The molecule has 8 nitrogen and oxygen atoms in total. The van der Waals surface area contributed by atoms with Crippen LogP contribution in [0.4, 0.5) is 0 Å². The third-order valence-electron chi connectivity index (χ3n) is 5.77. The molecule has 0 radical (unpaired) electrons. The fourth-order valence-corrected chi connectivity index (χ4v) is 4.20. The molecule has 0 spiro atoms. The molecule has 1 fully saturated rings. The highest BCUT2D eigenvalue weighted by molar-refractivity contribution is 5.76. The van der Waals surface area contributed by atoms with Gasteiger partial charge in [0.25, 0.3) is 0 Å². The van der Waals surface area contributed by atoms with Gasteiger partial charge in [-0.05, 0) is 26.8 Å².